The topological polar surface area (TPSA) is 76.9 Å². The summed E-state index contributed by atoms with van der Waals surface area (Å²) < 4.78 is 0. The highest BCUT2D eigenvalue weighted by atomic mass is 16.3. The normalized spacial score (nSPS) is 31.1. The van der Waals surface area contributed by atoms with Crippen LogP contribution in [0.1, 0.15) is 12.8 Å². The molecule has 0 spiro atoms. The third kappa shape index (κ3) is 2.94. The molecule has 0 aromatic carbocycles. The second-order valence-corrected chi connectivity index (χ2v) is 4.00. The van der Waals surface area contributed by atoms with E-state index in [4.69, 9.17) is 0 Å². The SMILES string of the molecule is OC1CC=C(CC2=NCC(O)CN2)NC1. The molecule has 0 amide bonds. The maximum atomic E-state index is 9.28. The summed E-state index contributed by atoms with van der Waals surface area (Å²) in [6.45, 7) is 1.68. The van der Waals surface area contributed by atoms with E-state index in [1.165, 1.54) is 0 Å². The summed E-state index contributed by atoms with van der Waals surface area (Å²) in [6.07, 6.45) is 2.82. The highest BCUT2D eigenvalue weighted by Gasteiger charge is 2.15. The number of aliphatic hydroxyl groups is 2. The lowest BCUT2D eigenvalue weighted by molar-refractivity contribution is 0.171. The summed E-state index contributed by atoms with van der Waals surface area (Å²) in [6, 6.07) is 0. The van der Waals surface area contributed by atoms with E-state index in [1.807, 2.05) is 6.08 Å². The predicted octanol–water partition coefficient (Wildman–Crippen LogP) is -1.02. The number of nitrogens with one attached hydrogen (secondary N) is 2. The lowest BCUT2D eigenvalue weighted by Crippen LogP contribution is -2.40. The van der Waals surface area contributed by atoms with Crippen molar-refractivity contribution in [2.45, 2.75) is 25.0 Å². The molecule has 2 rings (SSSR count). The first-order valence-corrected chi connectivity index (χ1v) is 5.30. The Morgan fingerprint density at radius 2 is 2.07 bits per heavy atom. The molecule has 0 bridgehead atoms. The molecular formula is C10H17N3O2. The van der Waals surface area contributed by atoms with Gasteiger partial charge in [-0.2, -0.15) is 0 Å². The minimum atomic E-state index is -0.358. The molecule has 4 N–H and O–H groups in total. The Kier molecular flexibility index (Phi) is 3.23. The van der Waals surface area contributed by atoms with Crippen LogP contribution in [-0.2, 0) is 0 Å². The molecule has 0 saturated carbocycles. The maximum absolute atomic E-state index is 9.28. The number of aliphatic imine (C=N–C) groups is 1. The summed E-state index contributed by atoms with van der Waals surface area (Å²) in [5.74, 6) is 0.912. The lowest BCUT2D eigenvalue weighted by Gasteiger charge is -2.23. The van der Waals surface area contributed by atoms with Gasteiger partial charge in [-0.25, -0.2) is 0 Å². The number of aliphatic hydroxyl groups excluding tert-OH is 2. The van der Waals surface area contributed by atoms with Gasteiger partial charge in [0.25, 0.3) is 0 Å². The van der Waals surface area contributed by atoms with Crippen LogP contribution < -0.4 is 10.6 Å². The molecule has 2 aliphatic heterocycles. The van der Waals surface area contributed by atoms with Crippen molar-refractivity contribution < 1.29 is 10.2 Å². The summed E-state index contributed by atoms with van der Waals surface area (Å²) in [5.41, 5.74) is 1.10. The quantitative estimate of drug-likeness (QED) is 0.471. The van der Waals surface area contributed by atoms with Crippen molar-refractivity contribution in [2.24, 2.45) is 4.99 Å². The molecule has 0 radical (unpaired) electrons. The standard InChI is InChI=1S/C10H17N3O2/c14-8-2-1-7(11-4-8)3-10-12-5-9(15)6-13-10/h1,8-9,11,14-15H,2-6H2,(H,12,13). The largest absolute Gasteiger partial charge is 0.391 e. The summed E-state index contributed by atoms with van der Waals surface area (Å²) in [4.78, 5) is 4.24. The van der Waals surface area contributed by atoms with E-state index in [0.717, 1.165) is 18.0 Å². The van der Waals surface area contributed by atoms with Crippen LogP contribution in [0.4, 0.5) is 0 Å². The highest BCUT2D eigenvalue weighted by Crippen LogP contribution is 2.09. The van der Waals surface area contributed by atoms with E-state index in [-0.39, 0.29) is 12.2 Å². The van der Waals surface area contributed by atoms with Crippen LogP contribution in [-0.4, -0.2) is 47.9 Å². The zero-order chi connectivity index (χ0) is 10.7. The Bertz CT molecular complexity index is 260. The fourth-order valence-electron chi connectivity index (χ4n) is 1.69. The Morgan fingerprint density at radius 3 is 2.67 bits per heavy atom. The minimum absolute atomic E-state index is 0.267. The first kappa shape index (κ1) is 10.4. The lowest BCUT2D eigenvalue weighted by atomic mass is 10.1. The third-order valence-electron chi connectivity index (χ3n) is 2.59. The smallest absolute Gasteiger partial charge is 0.102 e. The van der Waals surface area contributed by atoms with Crippen LogP contribution in [0.3, 0.4) is 0 Å². The van der Waals surface area contributed by atoms with Gasteiger partial charge in [-0.3, -0.25) is 4.99 Å². The van der Waals surface area contributed by atoms with Gasteiger partial charge in [0.2, 0.25) is 0 Å². The van der Waals surface area contributed by atoms with Gasteiger partial charge in [-0.1, -0.05) is 6.08 Å². The summed E-state index contributed by atoms with van der Waals surface area (Å²) >= 11 is 0. The van der Waals surface area contributed by atoms with Gasteiger partial charge in [0, 0.05) is 25.2 Å². The number of β-amino-alcohol motifs (C(OH)–C–C–N with tert-alkyl or cyclic N) is 2. The number of amidine groups is 1. The van der Waals surface area contributed by atoms with E-state index in [9.17, 15) is 10.2 Å². The first-order chi connectivity index (χ1) is 7.24. The van der Waals surface area contributed by atoms with Gasteiger partial charge in [0.15, 0.2) is 0 Å². The number of hydrogen-bond donors (Lipinski definition) is 4. The van der Waals surface area contributed by atoms with E-state index in [0.29, 0.717) is 26.1 Å². The maximum Gasteiger partial charge on any atom is 0.102 e. The molecule has 2 atom stereocenters. The minimum Gasteiger partial charge on any atom is -0.391 e. The van der Waals surface area contributed by atoms with Gasteiger partial charge in [-0.05, 0) is 6.42 Å². The number of rotatable bonds is 2. The molecule has 2 aliphatic rings. The molecule has 0 saturated heterocycles. The number of hydrogen-bond acceptors (Lipinski definition) is 5. The molecule has 0 aromatic rings. The average Bonchev–Trinajstić information content (AvgIpc) is 2.25. The van der Waals surface area contributed by atoms with E-state index in [1.54, 1.807) is 0 Å². The molecular weight excluding hydrogens is 194 g/mol. The van der Waals surface area contributed by atoms with Crippen molar-refractivity contribution >= 4 is 5.84 Å². The second-order valence-electron chi connectivity index (χ2n) is 4.00. The van der Waals surface area contributed by atoms with Crippen molar-refractivity contribution in [1.82, 2.24) is 10.6 Å². The second kappa shape index (κ2) is 4.63. The molecule has 2 heterocycles. The van der Waals surface area contributed by atoms with Crippen molar-refractivity contribution in [1.29, 1.82) is 0 Å². The van der Waals surface area contributed by atoms with Crippen LogP contribution in [0.15, 0.2) is 16.8 Å². The van der Waals surface area contributed by atoms with Gasteiger partial charge < -0.3 is 20.8 Å². The van der Waals surface area contributed by atoms with Crippen LogP contribution in [0, 0.1) is 0 Å². The van der Waals surface area contributed by atoms with Crippen LogP contribution in [0.25, 0.3) is 0 Å². The molecule has 0 fully saturated rings. The van der Waals surface area contributed by atoms with Gasteiger partial charge in [0.05, 0.1) is 18.8 Å². The zero-order valence-electron chi connectivity index (χ0n) is 8.61. The Hall–Kier alpha value is -1.07. The van der Waals surface area contributed by atoms with Gasteiger partial charge in [-0.15, -0.1) is 0 Å². The van der Waals surface area contributed by atoms with Crippen LogP contribution in [0.5, 0.6) is 0 Å². The fraction of sp³-hybridized carbons (Fsp3) is 0.700. The van der Waals surface area contributed by atoms with Gasteiger partial charge in [0.1, 0.15) is 5.84 Å². The van der Waals surface area contributed by atoms with Crippen molar-refractivity contribution in [3.05, 3.63) is 11.8 Å². The predicted molar refractivity (Wildman–Crippen MR) is 57.6 cm³/mol. The summed E-state index contributed by atoms with van der Waals surface area (Å²) in [7, 11) is 0. The van der Waals surface area contributed by atoms with E-state index in [2.05, 4.69) is 15.6 Å². The van der Waals surface area contributed by atoms with E-state index >= 15 is 0 Å². The molecule has 2 unspecified atom stereocenters. The fourth-order valence-corrected chi connectivity index (χ4v) is 1.69. The molecule has 5 nitrogen and oxygen atoms in total. The molecule has 0 aliphatic carbocycles. The Balaban J connectivity index is 1.87. The monoisotopic (exact) mass is 211 g/mol. The summed E-state index contributed by atoms with van der Waals surface area (Å²) in [5, 5.41) is 24.8. The number of nitrogens with zero attached hydrogens (tertiary/aromatic N) is 1. The van der Waals surface area contributed by atoms with E-state index < -0.39 is 0 Å². The molecule has 0 aromatic heterocycles. The third-order valence-corrected chi connectivity index (χ3v) is 2.59. The van der Waals surface area contributed by atoms with Crippen molar-refractivity contribution in [2.75, 3.05) is 19.6 Å². The highest BCUT2D eigenvalue weighted by molar-refractivity contribution is 5.84. The van der Waals surface area contributed by atoms with Crippen LogP contribution >= 0.6 is 0 Å². The van der Waals surface area contributed by atoms with Crippen LogP contribution in [0.2, 0.25) is 0 Å². The molecule has 84 valence electrons. The average molecular weight is 211 g/mol. The first-order valence-electron chi connectivity index (χ1n) is 5.30. The Morgan fingerprint density at radius 1 is 1.27 bits per heavy atom. The van der Waals surface area contributed by atoms with Gasteiger partial charge >= 0.3 is 0 Å². The van der Waals surface area contributed by atoms with Crippen molar-refractivity contribution in [3.8, 4) is 0 Å². The molecule has 15 heavy (non-hydrogen) atoms. The zero-order valence-corrected chi connectivity index (χ0v) is 8.61. The molecule has 5 heteroatoms. The Labute approximate surface area is 88.9 Å². The van der Waals surface area contributed by atoms with Crippen molar-refractivity contribution in [3.63, 3.8) is 0 Å².